The molecular weight excluding hydrogens is 230 g/mol. The fourth-order valence-electron chi connectivity index (χ4n) is 2.48. The van der Waals surface area contributed by atoms with Crippen molar-refractivity contribution in [1.82, 2.24) is 5.32 Å². The molecule has 2 aromatic carbocycles. The van der Waals surface area contributed by atoms with Gasteiger partial charge in [0.1, 0.15) is 0 Å². The lowest BCUT2D eigenvalue weighted by atomic mass is 9.87. The molecule has 0 bridgehead atoms. The van der Waals surface area contributed by atoms with E-state index < -0.39 is 0 Å². The first-order valence-electron chi connectivity index (χ1n) is 6.99. The molecule has 0 saturated heterocycles. The third-order valence-electron chi connectivity index (χ3n) is 3.82. The molecule has 0 heterocycles. The zero-order valence-electron chi connectivity index (χ0n) is 12.1. The van der Waals surface area contributed by atoms with Crippen LogP contribution in [0.5, 0.6) is 0 Å². The summed E-state index contributed by atoms with van der Waals surface area (Å²) in [5.41, 5.74) is 5.57. The number of hydrogen-bond donors (Lipinski definition) is 1. The SMILES string of the molecule is CNCCC(c1ccccc1)c1ccc(C)c(C)c1. The maximum Gasteiger partial charge on any atom is 0.0101 e. The van der Waals surface area contributed by atoms with Crippen LogP contribution in [0.25, 0.3) is 0 Å². The topological polar surface area (TPSA) is 12.0 Å². The average molecular weight is 253 g/mol. The molecular formula is C18H23N. The molecule has 19 heavy (non-hydrogen) atoms. The van der Waals surface area contributed by atoms with Gasteiger partial charge in [-0.1, -0.05) is 48.5 Å². The van der Waals surface area contributed by atoms with Gasteiger partial charge < -0.3 is 5.32 Å². The summed E-state index contributed by atoms with van der Waals surface area (Å²) in [5.74, 6) is 0.480. The van der Waals surface area contributed by atoms with Gasteiger partial charge in [0.15, 0.2) is 0 Å². The summed E-state index contributed by atoms with van der Waals surface area (Å²) in [5, 5.41) is 3.26. The summed E-state index contributed by atoms with van der Waals surface area (Å²) in [6, 6.07) is 17.6. The summed E-state index contributed by atoms with van der Waals surface area (Å²) in [4.78, 5) is 0. The summed E-state index contributed by atoms with van der Waals surface area (Å²) < 4.78 is 0. The van der Waals surface area contributed by atoms with Crippen LogP contribution in [-0.4, -0.2) is 13.6 Å². The Balaban J connectivity index is 2.34. The number of nitrogens with one attached hydrogen (secondary N) is 1. The van der Waals surface area contributed by atoms with Gasteiger partial charge in [-0.3, -0.25) is 0 Å². The Labute approximate surface area is 116 Å². The molecule has 0 aromatic heterocycles. The Morgan fingerprint density at radius 1 is 0.895 bits per heavy atom. The molecule has 1 unspecified atom stereocenters. The molecule has 0 aliphatic rings. The van der Waals surface area contributed by atoms with Crippen molar-refractivity contribution in [1.29, 1.82) is 0 Å². The highest BCUT2D eigenvalue weighted by atomic mass is 14.8. The lowest BCUT2D eigenvalue weighted by Gasteiger charge is -2.19. The van der Waals surface area contributed by atoms with Crippen molar-refractivity contribution in [3.63, 3.8) is 0 Å². The zero-order chi connectivity index (χ0) is 13.7. The van der Waals surface area contributed by atoms with Gasteiger partial charge in [-0.15, -0.1) is 0 Å². The average Bonchev–Trinajstić information content (AvgIpc) is 2.44. The van der Waals surface area contributed by atoms with Crippen molar-refractivity contribution in [2.75, 3.05) is 13.6 Å². The largest absolute Gasteiger partial charge is 0.320 e. The second-order valence-corrected chi connectivity index (χ2v) is 5.20. The first-order chi connectivity index (χ1) is 9.22. The van der Waals surface area contributed by atoms with Crippen molar-refractivity contribution in [3.8, 4) is 0 Å². The third-order valence-corrected chi connectivity index (χ3v) is 3.82. The molecule has 1 nitrogen and oxygen atoms in total. The molecule has 0 aliphatic heterocycles. The predicted molar refractivity (Wildman–Crippen MR) is 82.7 cm³/mol. The molecule has 0 spiro atoms. The molecule has 0 aliphatic carbocycles. The number of aryl methyl sites for hydroxylation is 2. The molecule has 1 N–H and O–H groups in total. The van der Waals surface area contributed by atoms with E-state index in [-0.39, 0.29) is 0 Å². The highest BCUT2D eigenvalue weighted by Crippen LogP contribution is 2.28. The van der Waals surface area contributed by atoms with Gasteiger partial charge in [0, 0.05) is 5.92 Å². The van der Waals surface area contributed by atoms with E-state index in [9.17, 15) is 0 Å². The molecule has 0 amide bonds. The van der Waals surface area contributed by atoms with Crippen molar-refractivity contribution in [3.05, 3.63) is 70.8 Å². The summed E-state index contributed by atoms with van der Waals surface area (Å²) >= 11 is 0. The minimum Gasteiger partial charge on any atom is -0.320 e. The summed E-state index contributed by atoms with van der Waals surface area (Å²) in [6.07, 6.45) is 1.13. The molecule has 0 saturated carbocycles. The van der Waals surface area contributed by atoms with Gasteiger partial charge in [-0.05, 0) is 56.1 Å². The maximum atomic E-state index is 3.26. The Bertz CT molecular complexity index is 516. The van der Waals surface area contributed by atoms with Gasteiger partial charge in [-0.25, -0.2) is 0 Å². The first kappa shape index (κ1) is 13.8. The van der Waals surface area contributed by atoms with E-state index in [2.05, 4.69) is 67.7 Å². The summed E-state index contributed by atoms with van der Waals surface area (Å²) in [6.45, 7) is 5.40. The van der Waals surface area contributed by atoms with Gasteiger partial charge in [0.25, 0.3) is 0 Å². The molecule has 0 radical (unpaired) electrons. The van der Waals surface area contributed by atoms with Crippen LogP contribution < -0.4 is 5.32 Å². The predicted octanol–water partition coefficient (Wildman–Crippen LogP) is 4.04. The van der Waals surface area contributed by atoms with Gasteiger partial charge in [-0.2, -0.15) is 0 Å². The normalized spacial score (nSPS) is 12.4. The second-order valence-electron chi connectivity index (χ2n) is 5.20. The third kappa shape index (κ3) is 3.45. The molecule has 100 valence electrons. The van der Waals surface area contributed by atoms with E-state index >= 15 is 0 Å². The fourth-order valence-corrected chi connectivity index (χ4v) is 2.48. The molecule has 1 heteroatoms. The van der Waals surface area contributed by atoms with Gasteiger partial charge >= 0.3 is 0 Å². The summed E-state index contributed by atoms with van der Waals surface area (Å²) in [7, 11) is 2.02. The van der Waals surface area contributed by atoms with Crippen LogP contribution in [0.15, 0.2) is 48.5 Å². The van der Waals surface area contributed by atoms with Gasteiger partial charge in [0.2, 0.25) is 0 Å². The molecule has 0 fully saturated rings. The van der Waals surface area contributed by atoms with E-state index in [0.717, 1.165) is 13.0 Å². The van der Waals surface area contributed by atoms with Gasteiger partial charge in [0.05, 0.1) is 0 Å². The Kier molecular flexibility index (Phi) is 4.75. The highest BCUT2D eigenvalue weighted by Gasteiger charge is 2.13. The van der Waals surface area contributed by atoms with E-state index in [1.807, 2.05) is 7.05 Å². The molecule has 2 rings (SSSR count). The maximum absolute atomic E-state index is 3.26. The van der Waals surface area contributed by atoms with Crippen LogP contribution in [0, 0.1) is 13.8 Å². The minimum atomic E-state index is 0.480. The highest BCUT2D eigenvalue weighted by molar-refractivity contribution is 5.37. The van der Waals surface area contributed by atoms with E-state index in [1.165, 1.54) is 22.3 Å². The fraction of sp³-hybridized carbons (Fsp3) is 0.333. The smallest absolute Gasteiger partial charge is 0.0101 e. The Morgan fingerprint density at radius 2 is 1.63 bits per heavy atom. The van der Waals surface area contributed by atoms with Crippen molar-refractivity contribution < 1.29 is 0 Å². The lowest BCUT2D eigenvalue weighted by Crippen LogP contribution is -2.13. The Hall–Kier alpha value is -1.60. The van der Waals surface area contributed by atoms with Crippen LogP contribution >= 0.6 is 0 Å². The van der Waals surface area contributed by atoms with Crippen LogP contribution in [-0.2, 0) is 0 Å². The zero-order valence-corrected chi connectivity index (χ0v) is 12.1. The van der Waals surface area contributed by atoms with Crippen LogP contribution in [0.2, 0.25) is 0 Å². The minimum absolute atomic E-state index is 0.480. The van der Waals surface area contributed by atoms with Crippen LogP contribution in [0.4, 0.5) is 0 Å². The lowest BCUT2D eigenvalue weighted by molar-refractivity contribution is 0.661. The quantitative estimate of drug-likeness (QED) is 0.848. The van der Waals surface area contributed by atoms with Crippen LogP contribution in [0.1, 0.15) is 34.6 Å². The van der Waals surface area contributed by atoms with E-state index in [0.29, 0.717) is 5.92 Å². The second kappa shape index (κ2) is 6.53. The number of benzene rings is 2. The number of hydrogen-bond acceptors (Lipinski definition) is 1. The van der Waals surface area contributed by atoms with Crippen LogP contribution in [0.3, 0.4) is 0 Å². The van der Waals surface area contributed by atoms with Crippen molar-refractivity contribution in [2.24, 2.45) is 0 Å². The number of rotatable bonds is 5. The van der Waals surface area contributed by atoms with Crippen molar-refractivity contribution in [2.45, 2.75) is 26.2 Å². The van der Waals surface area contributed by atoms with E-state index in [4.69, 9.17) is 0 Å². The van der Waals surface area contributed by atoms with Crippen molar-refractivity contribution >= 4 is 0 Å². The van der Waals surface area contributed by atoms with E-state index in [1.54, 1.807) is 0 Å². The first-order valence-corrected chi connectivity index (χ1v) is 6.99. The monoisotopic (exact) mass is 253 g/mol. The standard InChI is InChI=1S/C18H23N/c1-14-9-10-17(13-15(14)2)18(11-12-19-3)16-7-5-4-6-8-16/h4-10,13,18-19H,11-12H2,1-3H3. The Morgan fingerprint density at radius 3 is 2.26 bits per heavy atom. The molecule has 1 atom stereocenters. The molecule has 2 aromatic rings.